The average Bonchev–Trinajstić information content (AvgIpc) is 3.12. The van der Waals surface area contributed by atoms with Gasteiger partial charge in [0.05, 0.1) is 11.4 Å². The molecule has 0 bridgehead atoms. The van der Waals surface area contributed by atoms with Crippen LogP contribution in [0.15, 0.2) is 52.8 Å². The first-order chi connectivity index (χ1) is 12.0. The fourth-order valence-electron chi connectivity index (χ4n) is 2.97. The lowest BCUT2D eigenvalue weighted by Gasteiger charge is -2.20. The highest BCUT2D eigenvalue weighted by Crippen LogP contribution is 2.35. The summed E-state index contributed by atoms with van der Waals surface area (Å²) in [6, 6.07) is 7.60. The van der Waals surface area contributed by atoms with Gasteiger partial charge in [-0.05, 0) is 42.8 Å². The van der Waals surface area contributed by atoms with Crippen LogP contribution in [0.2, 0.25) is 0 Å². The van der Waals surface area contributed by atoms with E-state index in [2.05, 4.69) is 10.3 Å². The molecule has 0 aliphatic carbocycles. The van der Waals surface area contributed by atoms with Crippen molar-refractivity contribution in [3.05, 3.63) is 59.7 Å². The Balaban J connectivity index is 1.71. The second-order valence-electron chi connectivity index (χ2n) is 5.86. The molecule has 0 spiro atoms. The third-order valence-corrected chi connectivity index (χ3v) is 4.27. The average molecular weight is 342 g/mol. The number of amides is 2. The van der Waals surface area contributed by atoms with Crippen molar-refractivity contribution in [3.8, 4) is 0 Å². The Bertz CT molecular complexity index is 931. The fraction of sp³-hybridized carbons (Fsp3) is 0.176. The van der Waals surface area contributed by atoms with Gasteiger partial charge in [0.2, 0.25) is 0 Å². The van der Waals surface area contributed by atoms with E-state index in [4.69, 9.17) is 0 Å². The highest BCUT2D eigenvalue weighted by molar-refractivity contribution is 6.26. The van der Waals surface area contributed by atoms with Crippen LogP contribution in [0.4, 0.5) is 20.2 Å². The van der Waals surface area contributed by atoms with Crippen molar-refractivity contribution >= 4 is 23.2 Å². The lowest BCUT2D eigenvalue weighted by molar-refractivity contribution is -0.121. The Labute approximate surface area is 141 Å². The molecule has 6 nitrogen and oxygen atoms in total. The Kier molecular flexibility index (Phi) is 3.34. The second-order valence-corrected chi connectivity index (χ2v) is 5.86. The normalized spacial score (nSPS) is 22.0. The largest absolute Gasteiger partial charge is 0.271 e. The summed E-state index contributed by atoms with van der Waals surface area (Å²) in [5.74, 6) is -2.17. The van der Waals surface area contributed by atoms with Gasteiger partial charge in [0.25, 0.3) is 11.8 Å². The molecule has 1 fully saturated rings. The zero-order valence-electron chi connectivity index (χ0n) is 13.1. The van der Waals surface area contributed by atoms with Crippen LogP contribution in [-0.2, 0) is 9.59 Å². The summed E-state index contributed by atoms with van der Waals surface area (Å²) < 4.78 is 27.3. The van der Waals surface area contributed by atoms with Crippen molar-refractivity contribution < 1.29 is 18.4 Å². The number of carbonyl (C=O) groups excluding carboxylic acids is 2. The molecule has 0 radical (unpaired) electrons. The van der Waals surface area contributed by atoms with Gasteiger partial charge in [-0.2, -0.15) is 5.11 Å². The number of nitrogens with zero attached hydrogens (tertiary/aromatic N) is 4. The molecule has 2 aromatic rings. The minimum atomic E-state index is -1.03. The first-order valence-electron chi connectivity index (χ1n) is 7.57. The van der Waals surface area contributed by atoms with Gasteiger partial charge in [0.15, 0.2) is 12.1 Å². The van der Waals surface area contributed by atoms with Gasteiger partial charge in [0.1, 0.15) is 11.6 Å². The van der Waals surface area contributed by atoms with E-state index in [1.165, 1.54) is 35.3 Å². The van der Waals surface area contributed by atoms with Crippen molar-refractivity contribution in [1.82, 2.24) is 0 Å². The van der Waals surface area contributed by atoms with Crippen molar-refractivity contribution in [2.45, 2.75) is 19.0 Å². The second kappa shape index (κ2) is 5.44. The van der Waals surface area contributed by atoms with Crippen molar-refractivity contribution in [2.24, 2.45) is 10.3 Å². The van der Waals surface area contributed by atoms with Crippen LogP contribution in [0.5, 0.6) is 0 Å². The molecular weight excluding hydrogens is 330 g/mol. The number of hydrogen-bond donors (Lipinski definition) is 0. The van der Waals surface area contributed by atoms with Crippen LogP contribution >= 0.6 is 0 Å². The number of carbonyl (C=O) groups is 2. The summed E-state index contributed by atoms with van der Waals surface area (Å²) in [4.78, 5) is 26.3. The van der Waals surface area contributed by atoms with Crippen LogP contribution in [0.1, 0.15) is 5.56 Å². The quantitative estimate of drug-likeness (QED) is 0.788. The van der Waals surface area contributed by atoms with Crippen LogP contribution in [-0.4, -0.2) is 23.9 Å². The first-order valence-corrected chi connectivity index (χ1v) is 7.57. The predicted molar refractivity (Wildman–Crippen MR) is 84.9 cm³/mol. The minimum absolute atomic E-state index is 0.141. The molecule has 0 unspecified atom stereocenters. The number of fused-ring (bicyclic) bond motifs is 1. The Hall–Kier alpha value is -3.16. The van der Waals surface area contributed by atoms with Gasteiger partial charge in [-0.15, -0.1) is 0 Å². The van der Waals surface area contributed by atoms with Crippen LogP contribution in [0, 0.1) is 18.6 Å². The molecule has 8 heteroatoms. The highest BCUT2D eigenvalue weighted by atomic mass is 19.1. The number of halogens is 2. The topological polar surface area (TPSA) is 65.3 Å². The number of anilines is 2. The summed E-state index contributed by atoms with van der Waals surface area (Å²) in [5, 5.41) is 8.92. The monoisotopic (exact) mass is 342 g/mol. The molecule has 0 saturated carbocycles. The van der Waals surface area contributed by atoms with E-state index >= 15 is 0 Å². The Morgan fingerprint density at radius 1 is 1.00 bits per heavy atom. The maximum atomic E-state index is 13.8. The zero-order chi connectivity index (χ0) is 17.7. The van der Waals surface area contributed by atoms with Crippen LogP contribution in [0.25, 0.3) is 0 Å². The van der Waals surface area contributed by atoms with E-state index in [1.54, 1.807) is 13.0 Å². The lowest BCUT2D eigenvalue weighted by atomic mass is 10.1. The minimum Gasteiger partial charge on any atom is -0.271 e. The number of imide groups is 1. The van der Waals surface area contributed by atoms with Crippen molar-refractivity contribution in [1.29, 1.82) is 0 Å². The smallest absolute Gasteiger partial charge is 0.263 e. The molecule has 2 aliphatic rings. The maximum Gasteiger partial charge on any atom is 0.263 e. The third-order valence-electron chi connectivity index (χ3n) is 4.27. The first kappa shape index (κ1) is 15.4. The van der Waals surface area contributed by atoms with Crippen LogP contribution in [0.3, 0.4) is 0 Å². The van der Waals surface area contributed by atoms with E-state index in [1.807, 2.05) is 0 Å². The predicted octanol–water partition coefficient (Wildman–Crippen LogP) is 2.77. The van der Waals surface area contributed by atoms with E-state index in [-0.39, 0.29) is 5.69 Å². The van der Waals surface area contributed by atoms with Crippen molar-refractivity contribution in [3.63, 3.8) is 0 Å². The summed E-state index contributed by atoms with van der Waals surface area (Å²) in [6.45, 7) is 1.58. The summed E-state index contributed by atoms with van der Waals surface area (Å²) in [6.07, 6.45) is 0. The number of rotatable bonds is 2. The molecule has 0 aromatic heterocycles. The van der Waals surface area contributed by atoms with Gasteiger partial charge in [-0.1, -0.05) is 17.4 Å². The Morgan fingerprint density at radius 2 is 1.80 bits per heavy atom. The molecule has 0 N–H and O–H groups in total. The lowest BCUT2D eigenvalue weighted by Crippen LogP contribution is -2.40. The zero-order valence-corrected chi connectivity index (χ0v) is 13.1. The SMILES string of the molecule is Cc1ccc(N2C(=O)[C@@H]3N=NN(c4cccc(F)c4)[C@H]3C2=O)cc1F. The molecule has 4 rings (SSSR count). The van der Waals surface area contributed by atoms with E-state index in [0.717, 1.165) is 11.0 Å². The summed E-state index contributed by atoms with van der Waals surface area (Å²) in [7, 11) is 0. The molecule has 126 valence electrons. The molecule has 1 saturated heterocycles. The van der Waals surface area contributed by atoms with E-state index in [0.29, 0.717) is 11.3 Å². The molecule has 2 amide bonds. The van der Waals surface area contributed by atoms with Gasteiger partial charge in [-0.3, -0.25) is 9.59 Å². The van der Waals surface area contributed by atoms with Gasteiger partial charge in [0, 0.05) is 0 Å². The van der Waals surface area contributed by atoms with Crippen LogP contribution < -0.4 is 9.91 Å². The number of hydrogen-bond acceptors (Lipinski definition) is 5. The maximum absolute atomic E-state index is 13.8. The highest BCUT2D eigenvalue weighted by Gasteiger charge is 2.55. The van der Waals surface area contributed by atoms with E-state index < -0.39 is 35.5 Å². The van der Waals surface area contributed by atoms with Gasteiger partial charge in [-0.25, -0.2) is 18.7 Å². The van der Waals surface area contributed by atoms with E-state index in [9.17, 15) is 18.4 Å². The summed E-state index contributed by atoms with van der Waals surface area (Å²) >= 11 is 0. The molecule has 25 heavy (non-hydrogen) atoms. The van der Waals surface area contributed by atoms with Gasteiger partial charge >= 0.3 is 0 Å². The fourth-order valence-corrected chi connectivity index (χ4v) is 2.97. The molecule has 2 aliphatic heterocycles. The van der Waals surface area contributed by atoms with Gasteiger partial charge < -0.3 is 0 Å². The number of aryl methyl sites for hydroxylation is 1. The molecule has 2 heterocycles. The molecule has 2 atom stereocenters. The molecule has 2 aromatic carbocycles. The van der Waals surface area contributed by atoms with Crippen molar-refractivity contribution in [2.75, 3.05) is 9.91 Å². The number of benzene rings is 2. The molecular formula is C17H12F2N4O2. The summed E-state index contributed by atoms with van der Waals surface area (Å²) in [5.41, 5.74) is 0.861. The third kappa shape index (κ3) is 2.29. The Morgan fingerprint density at radius 3 is 2.52 bits per heavy atom. The standard InChI is InChI=1S/C17H12F2N4O2/c1-9-5-6-11(8-13(9)19)22-16(24)14-15(17(22)25)23(21-20-14)12-4-2-3-10(18)7-12/h2-8,14-15H,1H3/t14-,15-/m1/s1.